The van der Waals surface area contributed by atoms with Crippen LogP contribution < -0.4 is 0 Å². The molecule has 0 radical (unpaired) electrons. The minimum absolute atomic E-state index is 0.194. The Morgan fingerprint density at radius 1 is 0.600 bits per heavy atom. The Kier molecular flexibility index (Phi) is 12.9. The molecule has 2 bridgehead atoms. The summed E-state index contributed by atoms with van der Waals surface area (Å²) in [6.07, 6.45) is 3.75. The fraction of sp³-hybridized carbons (Fsp3) is 1.00. The molecule has 2 saturated heterocycles. The molecule has 0 aromatic carbocycles. The van der Waals surface area contributed by atoms with Gasteiger partial charge in [-0.2, -0.15) is 0 Å². The van der Waals surface area contributed by atoms with Gasteiger partial charge in [0.25, 0.3) is 0 Å². The molecule has 0 aromatic heterocycles. The van der Waals surface area contributed by atoms with Crippen molar-refractivity contribution in [2.24, 2.45) is 0 Å². The molecule has 122 valence electrons. The monoisotopic (exact) mass is 364 g/mol. The molecule has 2 fully saturated rings. The molecule has 0 amide bonds. The van der Waals surface area contributed by atoms with Crippen LogP contribution in [0.15, 0.2) is 0 Å². The van der Waals surface area contributed by atoms with Gasteiger partial charge in [0.05, 0.1) is 0 Å². The SMILES string of the molecule is C1C[N-]CCN2CCC[N-]CCN(C1)CCC2.[Cl][Fe][Cl]. The van der Waals surface area contributed by atoms with Crippen LogP contribution in [0.3, 0.4) is 0 Å². The van der Waals surface area contributed by atoms with Crippen molar-refractivity contribution in [3.8, 4) is 0 Å². The third kappa shape index (κ3) is 9.80. The van der Waals surface area contributed by atoms with Crippen molar-refractivity contribution in [1.29, 1.82) is 0 Å². The van der Waals surface area contributed by atoms with Crippen molar-refractivity contribution in [2.75, 3.05) is 65.4 Å². The summed E-state index contributed by atoms with van der Waals surface area (Å²) in [5, 5.41) is 9.25. The molecule has 4 nitrogen and oxygen atoms in total. The molecule has 0 saturated carbocycles. The van der Waals surface area contributed by atoms with E-state index in [0.29, 0.717) is 0 Å². The first-order valence-electron chi connectivity index (χ1n) is 7.43. The summed E-state index contributed by atoms with van der Waals surface area (Å²) in [6.45, 7) is 11.3. The molecule has 7 heteroatoms. The van der Waals surface area contributed by atoms with Crippen molar-refractivity contribution in [3.63, 3.8) is 0 Å². The average Bonchev–Trinajstić information content (AvgIpc) is 2.52. The van der Waals surface area contributed by atoms with Crippen molar-refractivity contribution in [2.45, 2.75) is 19.3 Å². The van der Waals surface area contributed by atoms with E-state index in [2.05, 4.69) is 20.4 Å². The van der Waals surface area contributed by atoms with Crippen molar-refractivity contribution in [3.05, 3.63) is 10.6 Å². The Balaban J connectivity index is 0.000000612. The van der Waals surface area contributed by atoms with Crippen LogP contribution in [0.1, 0.15) is 19.3 Å². The minimum atomic E-state index is 0.194. The molecular weight excluding hydrogens is 339 g/mol. The van der Waals surface area contributed by atoms with Crippen LogP contribution in [0, 0.1) is 0 Å². The molecule has 0 N–H and O–H groups in total. The Morgan fingerprint density at radius 3 is 1.45 bits per heavy atom. The Hall–Kier alpha value is 0.939. The van der Waals surface area contributed by atoms with Crippen molar-refractivity contribution >= 4 is 20.2 Å². The van der Waals surface area contributed by atoms with Crippen LogP contribution in [0.2, 0.25) is 0 Å². The van der Waals surface area contributed by atoms with Crippen LogP contribution >= 0.6 is 20.2 Å². The van der Waals surface area contributed by atoms with Gasteiger partial charge in [-0.25, -0.2) is 0 Å². The van der Waals surface area contributed by atoms with Crippen LogP contribution in [0.25, 0.3) is 10.6 Å². The first kappa shape index (κ1) is 19.0. The normalized spacial score (nSPS) is 29.9. The van der Waals surface area contributed by atoms with Gasteiger partial charge in [0, 0.05) is 0 Å². The number of halogens is 2. The third-order valence-electron chi connectivity index (χ3n) is 3.68. The summed E-state index contributed by atoms with van der Waals surface area (Å²) in [6, 6.07) is 0. The second kappa shape index (κ2) is 13.6. The van der Waals surface area contributed by atoms with E-state index in [9.17, 15) is 0 Å². The van der Waals surface area contributed by atoms with Gasteiger partial charge in [0.2, 0.25) is 0 Å². The zero-order chi connectivity index (χ0) is 14.5. The summed E-state index contributed by atoms with van der Waals surface area (Å²) < 4.78 is 0. The third-order valence-corrected chi connectivity index (χ3v) is 3.68. The predicted molar refractivity (Wildman–Crippen MR) is 84.6 cm³/mol. The fourth-order valence-corrected chi connectivity index (χ4v) is 2.65. The molecule has 2 aliphatic heterocycles. The topological polar surface area (TPSA) is 34.7 Å². The van der Waals surface area contributed by atoms with Crippen LogP contribution in [0.4, 0.5) is 0 Å². The van der Waals surface area contributed by atoms with Gasteiger partial charge in [0.15, 0.2) is 0 Å². The van der Waals surface area contributed by atoms with Crippen LogP contribution in [-0.2, 0) is 13.1 Å². The zero-order valence-electron chi connectivity index (χ0n) is 12.1. The quantitative estimate of drug-likeness (QED) is 0.619. The summed E-state index contributed by atoms with van der Waals surface area (Å²) >= 11 is 0.194. The molecule has 20 heavy (non-hydrogen) atoms. The first-order valence-corrected chi connectivity index (χ1v) is 10.5. The number of nitrogens with zero attached hydrogens (tertiary/aromatic N) is 4. The molecule has 2 atom stereocenters. The van der Waals surface area contributed by atoms with E-state index in [-0.39, 0.29) is 13.1 Å². The number of hydrogen-bond donors (Lipinski definition) is 0. The van der Waals surface area contributed by atoms with Crippen LogP contribution in [-0.4, -0.2) is 75.2 Å². The van der Waals surface area contributed by atoms with E-state index < -0.39 is 0 Å². The number of rotatable bonds is 0. The average molecular weight is 365 g/mol. The molecule has 0 aromatic rings. The molecule has 2 rings (SSSR count). The van der Waals surface area contributed by atoms with E-state index in [1.807, 2.05) is 0 Å². The maximum absolute atomic E-state index is 4.76. The number of hydrogen-bond acceptors (Lipinski definition) is 2. The van der Waals surface area contributed by atoms with Gasteiger partial charge in [-0.15, -0.1) is 26.2 Å². The summed E-state index contributed by atoms with van der Waals surface area (Å²) in [5.41, 5.74) is 0. The summed E-state index contributed by atoms with van der Waals surface area (Å²) in [5.74, 6) is 0. The molecule has 0 aliphatic carbocycles. The second-order valence-corrected chi connectivity index (χ2v) is 6.96. The van der Waals surface area contributed by atoms with Crippen molar-refractivity contribution < 1.29 is 13.1 Å². The van der Waals surface area contributed by atoms with Crippen molar-refractivity contribution in [1.82, 2.24) is 9.80 Å². The maximum atomic E-state index is 4.76. The zero-order valence-corrected chi connectivity index (χ0v) is 14.7. The Morgan fingerprint density at radius 2 is 1.00 bits per heavy atom. The van der Waals surface area contributed by atoms with Gasteiger partial charge in [-0.05, 0) is 45.7 Å². The Labute approximate surface area is 138 Å². The van der Waals surface area contributed by atoms with Gasteiger partial charge in [0.1, 0.15) is 0 Å². The van der Waals surface area contributed by atoms with Gasteiger partial charge in [-0.1, -0.05) is 12.8 Å². The molecular formula is C13H26Cl2FeN4-2. The van der Waals surface area contributed by atoms with E-state index >= 15 is 0 Å². The van der Waals surface area contributed by atoms with Gasteiger partial charge >= 0.3 is 33.3 Å². The fourth-order valence-electron chi connectivity index (χ4n) is 2.65. The number of fused-ring (bicyclic) bond motifs is 4. The van der Waals surface area contributed by atoms with Gasteiger partial charge in [-0.3, -0.25) is 0 Å². The van der Waals surface area contributed by atoms with Gasteiger partial charge < -0.3 is 20.4 Å². The van der Waals surface area contributed by atoms with E-state index in [1.54, 1.807) is 0 Å². The molecule has 2 heterocycles. The summed E-state index contributed by atoms with van der Waals surface area (Å²) in [7, 11) is 9.53. The first-order chi connectivity index (χ1) is 9.86. The molecule has 2 unspecified atom stereocenters. The van der Waals surface area contributed by atoms with E-state index in [0.717, 1.165) is 39.3 Å². The van der Waals surface area contributed by atoms with E-state index in [4.69, 9.17) is 20.2 Å². The predicted octanol–water partition coefficient (Wildman–Crippen LogP) is 2.91. The molecule has 0 spiro atoms. The second-order valence-electron chi connectivity index (χ2n) is 5.14. The van der Waals surface area contributed by atoms with Crippen LogP contribution in [0.5, 0.6) is 0 Å². The standard InChI is InChI=1S/C13H26N4.2ClH.Fe/c1-4-14-6-13-17-9-2-5-15-7-12-16(8-1)10-3-11-17;;;/h1-13H2;2*1H;/q-2;;;+2/p-2. The summed E-state index contributed by atoms with van der Waals surface area (Å²) in [4.78, 5) is 5.15. The Bertz CT molecular complexity index is 189. The molecule has 2 aliphatic rings. The van der Waals surface area contributed by atoms with E-state index in [1.165, 1.54) is 45.4 Å².